The molecule has 1 N–H and O–H groups in total. The number of aromatic nitrogens is 2. The normalized spacial score (nSPS) is 19.3. The van der Waals surface area contributed by atoms with E-state index >= 15 is 0 Å². The molecular formula is C17H25N5S. The number of nitrogens with one attached hydrogen (secondary N) is 1. The van der Waals surface area contributed by atoms with Crippen molar-refractivity contribution in [1.82, 2.24) is 19.6 Å². The Morgan fingerprint density at radius 2 is 2.35 bits per heavy atom. The van der Waals surface area contributed by atoms with E-state index in [-0.39, 0.29) is 0 Å². The Kier molecular flexibility index (Phi) is 5.10. The maximum atomic E-state index is 4.68. The number of hydrogen-bond donors (Lipinski definition) is 1. The summed E-state index contributed by atoms with van der Waals surface area (Å²) < 4.78 is 2.13. The van der Waals surface area contributed by atoms with Gasteiger partial charge in [0.15, 0.2) is 5.96 Å². The SMILES string of the molecule is CCC1CN(C(=NC)NCc2cn3c(C)cccc3n2)CCS1. The third-order valence-electron chi connectivity index (χ3n) is 4.28. The zero-order chi connectivity index (χ0) is 16.2. The summed E-state index contributed by atoms with van der Waals surface area (Å²) in [4.78, 5) is 11.5. The van der Waals surface area contributed by atoms with Crippen LogP contribution in [0.5, 0.6) is 0 Å². The number of fused-ring (bicyclic) bond motifs is 1. The maximum absolute atomic E-state index is 4.68. The Labute approximate surface area is 142 Å². The van der Waals surface area contributed by atoms with E-state index in [0.717, 1.165) is 30.4 Å². The van der Waals surface area contributed by atoms with Crippen molar-refractivity contribution < 1.29 is 0 Å². The van der Waals surface area contributed by atoms with Crippen LogP contribution in [0.4, 0.5) is 0 Å². The first kappa shape index (κ1) is 16.2. The zero-order valence-corrected chi connectivity index (χ0v) is 14.9. The van der Waals surface area contributed by atoms with Gasteiger partial charge in [0.05, 0.1) is 12.2 Å². The number of guanidine groups is 1. The van der Waals surface area contributed by atoms with Gasteiger partial charge in [0.25, 0.3) is 0 Å². The van der Waals surface area contributed by atoms with Gasteiger partial charge >= 0.3 is 0 Å². The van der Waals surface area contributed by atoms with Crippen LogP contribution in [-0.4, -0.2) is 51.4 Å². The highest BCUT2D eigenvalue weighted by Gasteiger charge is 2.21. The molecule has 5 nitrogen and oxygen atoms in total. The van der Waals surface area contributed by atoms with Gasteiger partial charge in [0.2, 0.25) is 0 Å². The summed E-state index contributed by atoms with van der Waals surface area (Å²) in [7, 11) is 1.86. The molecule has 0 bridgehead atoms. The zero-order valence-electron chi connectivity index (χ0n) is 14.1. The molecule has 3 rings (SSSR count). The third kappa shape index (κ3) is 3.63. The molecule has 1 aliphatic rings. The van der Waals surface area contributed by atoms with E-state index in [1.165, 1.54) is 17.9 Å². The second kappa shape index (κ2) is 7.25. The largest absolute Gasteiger partial charge is 0.351 e. The van der Waals surface area contributed by atoms with Gasteiger partial charge in [-0.2, -0.15) is 11.8 Å². The molecule has 0 amide bonds. The Balaban J connectivity index is 1.66. The summed E-state index contributed by atoms with van der Waals surface area (Å²) in [5.41, 5.74) is 3.24. The van der Waals surface area contributed by atoms with Crippen LogP contribution in [0.25, 0.3) is 5.65 Å². The Morgan fingerprint density at radius 1 is 1.48 bits per heavy atom. The molecule has 1 saturated heterocycles. The van der Waals surface area contributed by atoms with Gasteiger partial charge in [0, 0.05) is 43.0 Å². The van der Waals surface area contributed by atoms with Gasteiger partial charge in [-0.1, -0.05) is 13.0 Å². The van der Waals surface area contributed by atoms with Crippen LogP contribution in [-0.2, 0) is 6.54 Å². The van der Waals surface area contributed by atoms with Gasteiger partial charge in [-0.15, -0.1) is 0 Å². The van der Waals surface area contributed by atoms with Crippen LogP contribution in [0, 0.1) is 6.92 Å². The monoisotopic (exact) mass is 331 g/mol. The number of thioether (sulfide) groups is 1. The van der Waals surface area contributed by atoms with Crippen molar-refractivity contribution in [3.05, 3.63) is 35.8 Å². The van der Waals surface area contributed by atoms with E-state index in [9.17, 15) is 0 Å². The lowest BCUT2D eigenvalue weighted by atomic mass is 10.3. The summed E-state index contributed by atoms with van der Waals surface area (Å²) >= 11 is 2.07. The fourth-order valence-electron chi connectivity index (χ4n) is 2.94. The van der Waals surface area contributed by atoms with Crippen molar-refractivity contribution in [2.24, 2.45) is 4.99 Å². The topological polar surface area (TPSA) is 44.9 Å². The average molecular weight is 331 g/mol. The van der Waals surface area contributed by atoms with Crippen molar-refractivity contribution >= 4 is 23.4 Å². The van der Waals surface area contributed by atoms with Gasteiger partial charge in [-0.3, -0.25) is 4.99 Å². The van der Waals surface area contributed by atoms with Gasteiger partial charge in [-0.05, 0) is 25.5 Å². The minimum absolute atomic E-state index is 0.703. The van der Waals surface area contributed by atoms with Crippen LogP contribution in [0.2, 0.25) is 0 Å². The summed E-state index contributed by atoms with van der Waals surface area (Å²) in [5.74, 6) is 2.16. The lowest BCUT2D eigenvalue weighted by molar-refractivity contribution is 0.408. The standard InChI is InChI=1S/C17H25N5S/c1-4-15-12-21(8-9-23-15)17(18-3)19-10-14-11-22-13(2)6-5-7-16(22)20-14/h5-7,11,15H,4,8-10,12H2,1-3H3,(H,18,19). The quantitative estimate of drug-likeness (QED) is 0.693. The van der Waals surface area contributed by atoms with Crippen LogP contribution < -0.4 is 5.32 Å². The third-order valence-corrected chi connectivity index (χ3v) is 5.65. The van der Waals surface area contributed by atoms with Crippen molar-refractivity contribution in [2.75, 3.05) is 25.9 Å². The number of imidazole rings is 1. The molecule has 1 unspecified atom stereocenters. The van der Waals surface area contributed by atoms with Gasteiger partial charge in [-0.25, -0.2) is 4.98 Å². The molecule has 0 aromatic carbocycles. The summed E-state index contributed by atoms with van der Waals surface area (Å²) in [5, 5.41) is 4.18. The molecule has 1 fully saturated rings. The number of pyridine rings is 1. The molecule has 2 aromatic heterocycles. The Hall–Kier alpha value is -1.69. The number of aryl methyl sites for hydroxylation is 1. The summed E-state index contributed by atoms with van der Waals surface area (Å²) in [6.45, 7) is 7.20. The molecule has 0 spiro atoms. The lowest BCUT2D eigenvalue weighted by Gasteiger charge is -2.34. The number of nitrogens with zero attached hydrogens (tertiary/aromatic N) is 4. The first-order valence-corrected chi connectivity index (χ1v) is 9.27. The number of rotatable bonds is 3. The van der Waals surface area contributed by atoms with Crippen molar-refractivity contribution in [2.45, 2.75) is 32.1 Å². The van der Waals surface area contributed by atoms with Gasteiger partial charge < -0.3 is 14.6 Å². The van der Waals surface area contributed by atoms with Crippen LogP contribution in [0.15, 0.2) is 29.4 Å². The first-order valence-electron chi connectivity index (χ1n) is 8.22. The second-order valence-corrected chi connectivity index (χ2v) is 7.28. The maximum Gasteiger partial charge on any atom is 0.194 e. The van der Waals surface area contributed by atoms with E-state index in [1.54, 1.807) is 0 Å². The van der Waals surface area contributed by atoms with Crippen LogP contribution in [0.3, 0.4) is 0 Å². The fraction of sp³-hybridized carbons (Fsp3) is 0.529. The highest BCUT2D eigenvalue weighted by molar-refractivity contribution is 8.00. The number of hydrogen-bond acceptors (Lipinski definition) is 3. The molecule has 6 heteroatoms. The highest BCUT2D eigenvalue weighted by atomic mass is 32.2. The average Bonchev–Trinajstić information content (AvgIpc) is 3.00. The molecule has 0 aliphatic carbocycles. The van der Waals surface area contributed by atoms with Crippen LogP contribution >= 0.6 is 11.8 Å². The van der Waals surface area contributed by atoms with E-state index in [0.29, 0.717) is 11.8 Å². The van der Waals surface area contributed by atoms with E-state index < -0.39 is 0 Å². The molecule has 0 radical (unpaired) electrons. The fourth-order valence-corrected chi connectivity index (χ4v) is 4.12. The molecule has 23 heavy (non-hydrogen) atoms. The molecular weight excluding hydrogens is 306 g/mol. The summed E-state index contributed by atoms with van der Waals surface area (Å²) in [6.07, 6.45) is 3.32. The first-order chi connectivity index (χ1) is 11.2. The van der Waals surface area contributed by atoms with Crippen LogP contribution in [0.1, 0.15) is 24.7 Å². The lowest BCUT2D eigenvalue weighted by Crippen LogP contribution is -2.47. The molecule has 1 aliphatic heterocycles. The van der Waals surface area contributed by atoms with Gasteiger partial charge in [0.1, 0.15) is 5.65 Å². The molecule has 0 saturated carbocycles. The highest BCUT2D eigenvalue weighted by Crippen LogP contribution is 2.21. The molecule has 3 heterocycles. The predicted molar refractivity (Wildman–Crippen MR) is 98.2 cm³/mol. The molecule has 2 aromatic rings. The minimum atomic E-state index is 0.703. The number of aliphatic imine (C=N–C) groups is 1. The second-order valence-electron chi connectivity index (χ2n) is 5.88. The summed E-state index contributed by atoms with van der Waals surface area (Å²) in [6, 6.07) is 6.18. The Bertz CT molecular complexity index is 693. The van der Waals surface area contributed by atoms with Crippen molar-refractivity contribution in [1.29, 1.82) is 0 Å². The van der Waals surface area contributed by atoms with E-state index in [2.05, 4.69) is 62.5 Å². The van der Waals surface area contributed by atoms with Crippen molar-refractivity contribution in [3.63, 3.8) is 0 Å². The molecule has 124 valence electrons. The minimum Gasteiger partial charge on any atom is -0.351 e. The van der Waals surface area contributed by atoms with E-state index in [1.807, 2.05) is 19.2 Å². The Morgan fingerprint density at radius 3 is 3.09 bits per heavy atom. The van der Waals surface area contributed by atoms with E-state index in [4.69, 9.17) is 0 Å². The molecule has 1 atom stereocenters. The smallest absolute Gasteiger partial charge is 0.194 e. The predicted octanol–water partition coefficient (Wildman–Crippen LogP) is 2.55. The van der Waals surface area contributed by atoms with Crippen molar-refractivity contribution in [3.8, 4) is 0 Å².